The van der Waals surface area contributed by atoms with Crippen LogP contribution in [0.5, 0.6) is 11.5 Å². The molecule has 0 aromatic heterocycles. The third kappa shape index (κ3) is 9.00. The first-order valence-electron chi connectivity index (χ1n) is 14.2. The monoisotopic (exact) mass is 667 g/mol. The number of carbonyl (C=O) groups is 2. The highest BCUT2D eigenvalue weighted by Gasteiger charge is 2.33. The molecule has 0 heterocycles. The number of para-hydroxylation sites is 1. The molecule has 4 aromatic carbocycles. The quantitative estimate of drug-likeness (QED) is 0.181. The fourth-order valence-electron chi connectivity index (χ4n) is 4.44. The maximum absolute atomic E-state index is 14.2. The first-order valence-corrected chi connectivity index (χ1v) is 16.4. The molecular weight excluding hydrogens is 633 g/mol. The van der Waals surface area contributed by atoms with Gasteiger partial charge in [-0.15, -0.1) is 0 Å². The highest BCUT2D eigenvalue weighted by atomic mass is 35.5. The van der Waals surface area contributed by atoms with Gasteiger partial charge in [-0.2, -0.15) is 0 Å². The standard InChI is InChI=1S/C34H35Cl2N3O5S/c1-24(33(41)37-34(2,3)4)38(22-25-15-16-26(35)21-31(25)36)32(40)23-39(45(42,43)30-13-9-6-10-14-30)27-17-19-29(20-18-27)44-28-11-7-5-8-12-28/h5-21,24H,22-23H2,1-4H3,(H,37,41)/t24-/m1/s1. The van der Waals surface area contributed by atoms with Crippen LogP contribution in [0.4, 0.5) is 5.69 Å². The SMILES string of the molecule is C[C@H](C(=O)NC(C)(C)C)N(Cc1ccc(Cl)cc1Cl)C(=O)CN(c1ccc(Oc2ccccc2)cc1)S(=O)(=O)c1ccccc1. The zero-order valence-electron chi connectivity index (χ0n) is 25.4. The smallest absolute Gasteiger partial charge is 0.264 e. The van der Waals surface area contributed by atoms with Crippen molar-refractivity contribution < 1.29 is 22.7 Å². The van der Waals surface area contributed by atoms with Crippen molar-refractivity contribution in [3.05, 3.63) is 119 Å². The van der Waals surface area contributed by atoms with Crippen LogP contribution in [0.15, 0.2) is 108 Å². The lowest BCUT2D eigenvalue weighted by Gasteiger charge is -2.33. The van der Waals surface area contributed by atoms with E-state index >= 15 is 0 Å². The van der Waals surface area contributed by atoms with Crippen LogP contribution in [0, 0.1) is 0 Å². The van der Waals surface area contributed by atoms with Crippen LogP contribution >= 0.6 is 23.2 Å². The number of nitrogens with one attached hydrogen (secondary N) is 1. The molecule has 236 valence electrons. The van der Waals surface area contributed by atoms with E-state index in [1.54, 1.807) is 79.7 Å². The second-order valence-electron chi connectivity index (χ2n) is 11.4. The van der Waals surface area contributed by atoms with Gasteiger partial charge >= 0.3 is 0 Å². The van der Waals surface area contributed by atoms with E-state index in [-0.39, 0.29) is 17.1 Å². The molecule has 2 amide bonds. The first-order chi connectivity index (χ1) is 21.2. The Kier molecular flexibility index (Phi) is 10.8. The number of rotatable bonds is 11. The van der Waals surface area contributed by atoms with Crippen LogP contribution in [-0.4, -0.2) is 43.3 Å². The zero-order valence-corrected chi connectivity index (χ0v) is 27.7. The van der Waals surface area contributed by atoms with E-state index in [0.717, 1.165) is 4.31 Å². The Bertz CT molecular complexity index is 1730. The molecule has 0 unspecified atom stereocenters. The average Bonchev–Trinajstić information content (AvgIpc) is 2.99. The zero-order chi connectivity index (χ0) is 32.8. The summed E-state index contributed by atoms with van der Waals surface area (Å²) in [7, 11) is -4.21. The van der Waals surface area contributed by atoms with E-state index in [1.165, 1.54) is 17.0 Å². The third-order valence-corrected chi connectivity index (χ3v) is 9.11. The predicted molar refractivity (Wildman–Crippen MR) is 178 cm³/mol. The van der Waals surface area contributed by atoms with Gasteiger partial charge in [0.2, 0.25) is 11.8 Å². The van der Waals surface area contributed by atoms with Crippen molar-refractivity contribution in [2.45, 2.75) is 50.7 Å². The number of amides is 2. The molecule has 0 aliphatic rings. The van der Waals surface area contributed by atoms with E-state index in [9.17, 15) is 18.0 Å². The van der Waals surface area contributed by atoms with Gasteiger partial charge in [-0.25, -0.2) is 8.42 Å². The highest BCUT2D eigenvalue weighted by Crippen LogP contribution is 2.29. The molecule has 0 fully saturated rings. The van der Waals surface area contributed by atoms with E-state index in [1.807, 2.05) is 39.0 Å². The minimum atomic E-state index is -4.21. The van der Waals surface area contributed by atoms with E-state index in [0.29, 0.717) is 27.1 Å². The topological polar surface area (TPSA) is 96.0 Å². The van der Waals surface area contributed by atoms with Gasteiger partial charge in [0.05, 0.1) is 10.6 Å². The predicted octanol–water partition coefficient (Wildman–Crippen LogP) is 7.31. The lowest BCUT2D eigenvalue weighted by atomic mass is 10.1. The Labute approximate surface area is 274 Å². The van der Waals surface area contributed by atoms with Crippen molar-refractivity contribution >= 4 is 50.7 Å². The van der Waals surface area contributed by atoms with Gasteiger partial charge in [0.1, 0.15) is 24.1 Å². The Hall–Kier alpha value is -4.05. The summed E-state index contributed by atoms with van der Waals surface area (Å²) in [6.07, 6.45) is 0. The summed E-state index contributed by atoms with van der Waals surface area (Å²) in [5.74, 6) is 0.0931. The fourth-order valence-corrected chi connectivity index (χ4v) is 6.35. The molecule has 11 heteroatoms. The summed E-state index contributed by atoms with van der Waals surface area (Å²) in [5.41, 5.74) is 0.220. The van der Waals surface area contributed by atoms with Crippen molar-refractivity contribution in [1.82, 2.24) is 10.2 Å². The molecule has 0 bridgehead atoms. The molecule has 1 N–H and O–H groups in total. The van der Waals surface area contributed by atoms with E-state index in [4.69, 9.17) is 27.9 Å². The summed E-state index contributed by atoms with van der Waals surface area (Å²) in [5, 5.41) is 3.63. The molecule has 4 rings (SSSR count). The van der Waals surface area contributed by atoms with Crippen LogP contribution in [0.3, 0.4) is 0 Å². The summed E-state index contributed by atoms with van der Waals surface area (Å²) < 4.78 is 34.9. The summed E-state index contributed by atoms with van der Waals surface area (Å²) in [4.78, 5) is 28.8. The molecule has 0 spiro atoms. The molecule has 0 saturated heterocycles. The first kappa shape index (κ1) is 33.8. The van der Waals surface area contributed by atoms with Gasteiger partial charge in [-0.1, -0.05) is 65.7 Å². The second kappa shape index (κ2) is 14.4. The van der Waals surface area contributed by atoms with Crippen molar-refractivity contribution in [1.29, 1.82) is 0 Å². The summed E-state index contributed by atoms with van der Waals surface area (Å²) in [6.45, 7) is 6.44. The largest absolute Gasteiger partial charge is 0.457 e. The van der Waals surface area contributed by atoms with Crippen LogP contribution in [0.1, 0.15) is 33.3 Å². The number of hydrogen-bond donors (Lipinski definition) is 1. The number of halogens is 2. The van der Waals surface area contributed by atoms with Crippen LogP contribution in [-0.2, 0) is 26.2 Å². The van der Waals surface area contributed by atoms with Crippen molar-refractivity contribution in [2.75, 3.05) is 10.8 Å². The van der Waals surface area contributed by atoms with Crippen molar-refractivity contribution in [2.24, 2.45) is 0 Å². The van der Waals surface area contributed by atoms with Crippen LogP contribution in [0.25, 0.3) is 0 Å². The normalized spacial score (nSPS) is 12.2. The van der Waals surface area contributed by atoms with Gasteiger partial charge in [-0.3, -0.25) is 13.9 Å². The number of nitrogens with zero attached hydrogens (tertiary/aromatic N) is 2. The molecule has 8 nitrogen and oxygen atoms in total. The third-order valence-electron chi connectivity index (χ3n) is 6.73. The average molecular weight is 669 g/mol. The number of ether oxygens (including phenoxy) is 1. The van der Waals surface area contributed by atoms with Crippen LogP contribution in [0.2, 0.25) is 10.0 Å². The highest BCUT2D eigenvalue weighted by molar-refractivity contribution is 7.92. The molecule has 0 radical (unpaired) electrons. The Morgan fingerprint density at radius 2 is 1.42 bits per heavy atom. The van der Waals surface area contributed by atoms with Gasteiger partial charge in [0.15, 0.2) is 0 Å². The van der Waals surface area contributed by atoms with E-state index in [2.05, 4.69) is 5.32 Å². The summed E-state index contributed by atoms with van der Waals surface area (Å²) in [6, 6.07) is 27.3. The van der Waals surface area contributed by atoms with Gasteiger partial charge in [-0.05, 0) is 93.9 Å². The molecule has 0 saturated carbocycles. The summed E-state index contributed by atoms with van der Waals surface area (Å²) >= 11 is 12.5. The lowest BCUT2D eigenvalue weighted by Crippen LogP contribution is -2.54. The van der Waals surface area contributed by atoms with E-state index < -0.39 is 40.0 Å². The van der Waals surface area contributed by atoms with Crippen LogP contribution < -0.4 is 14.4 Å². The molecule has 0 aliphatic heterocycles. The van der Waals surface area contributed by atoms with Crippen molar-refractivity contribution in [3.63, 3.8) is 0 Å². The van der Waals surface area contributed by atoms with Gasteiger partial charge in [0, 0.05) is 22.1 Å². The maximum Gasteiger partial charge on any atom is 0.264 e. The molecule has 0 aliphatic carbocycles. The van der Waals surface area contributed by atoms with Gasteiger partial charge in [0.25, 0.3) is 10.0 Å². The van der Waals surface area contributed by atoms with Gasteiger partial charge < -0.3 is 15.0 Å². The molecular formula is C34H35Cl2N3O5S. The number of hydrogen-bond acceptors (Lipinski definition) is 5. The number of anilines is 1. The lowest BCUT2D eigenvalue weighted by molar-refractivity contribution is -0.140. The Morgan fingerprint density at radius 1 is 0.844 bits per heavy atom. The second-order valence-corrected chi connectivity index (χ2v) is 14.1. The number of benzene rings is 4. The minimum Gasteiger partial charge on any atom is -0.457 e. The number of sulfonamides is 1. The molecule has 1 atom stereocenters. The maximum atomic E-state index is 14.2. The Morgan fingerprint density at radius 3 is 2.00 bits per heavy atom. The van der Waals surface area contributed by atoms with Crippen molar-refractivity contribution in [3.8, 4) is 11.5 Å². The Balaban J connectivity index is 1.71. The minimum absolute atomic E-state index is 0.00762. The number of carbonyl (C=O) groups excluding carboxylic acids is 2. The fraction of sp³-hybridized carbons (Fsp3) is 0.235. The molecule has 45 heavy (non-hydrogen) atoms. The molecule has 4 aromatic rings.